The molecule has 0 aliphatic heterocycles. The number of carbonyl (C=O) groups excluding carboxylic acids is 2. The van der Waals surface area contributed by atoms with E-state index >= 15 is 0 Å². The van der Waals surface area contributed by atoms with Crippen LogP contribution in [0.25, 0.3) is 0 Å². The number of thiophene rings is 1. The van der Waals surface area contributed by atoms with Gasteiger partial charge >= 0.3 is 5.97 Å². The molecule has 1 aliphatic carbocycles. The van der Waals surface area contributed by atoms with Crippen molar-refractivity contribution in [3.63, 3.8) is 0 Å². The molecule has 0 saturated carbocycles. The number of benzene rings is 1. The summed E-state index contributed by atoms with van der Waals surface area (Å²) >= 11 is 6.82. The molecule has 0 bridgehead atoms. The Balaban J connectivity index is 1.68. The third kappa shape index (κ3) is 5.17. The molecule has 160 valence electrons. The maximum atomic E-state index is 12.8. The number of aryl methyl sites for hydroxylation is 1. The van der Waals surface area contributed by atoms with Crippen molar-refractivity contribution in [1.82, 2.24) is 5.32 Å². The van der Waals surface area contributed by atoms with E-state index in [4.69, 9.17) is 21.7 Å². The van der Waals surface area contributed by atoms with Gasteiger partial charge in [-0.3, -0.25) is 10.1 Å². The van der Waals surface area contributed by atoms with Crippen molar-refractivity contribution in [1.29, 1.82) is 0 Å². The van der Waals surface area contributed by atoms with E-state index in [1.165, 1.54) is 18.4 Å². The summed E-state index contributed by atoms with van der Waals surface area (Å²) in [5, 5.41) is 6.45. The Bertz CT molecular complexity index is 939. The molecule has 0 unspecified atom stereocenters. The Hall–Kier alpha value is -2.45. The van der Waals surface area contributed by atoms with Crippen molar-refractivity contribution in [3.8, 4) is 5.75 Å². The van der Waals surface area contributed by atoms with Crippen LogP contribution in [0.2, 0.25) is 0 Å². The van der Waals surface area contributed by atoms with E-state index < -0.39 is 5.97 Å². The molecule has 1 aliphatic rings. The Morgan fingerprint density at radius 2 is 2.00 bits per heavy atom. The number of methoxy groups -OCH3 is 1. The van der Waals surface area contributed by atoms with E-state index in [0.29, 0.717) is 28.5 Å². The maximum absolute atomic E-state index is 12.8. The largest absolute Gasteiger partial charge is 0.493 e. The van der Waals surface area contributed by atoms with Crippen LogP contribution in [0.5, 0.6) is 5.75 Å². The smallest absolute Gasteiger partial charge is 0.341 e. The average molecular weight is 447 g/mol. The number of nitrogens with one attached hydrogen (secondary N) is 2. The molecule has 0 atom stereocenters. The molecule has 1 aromatic carbocycles. The highest BCUT2D eigenvalue weighted by atomic mass is 32.1. The topological polar surface area (TPSA) is 76.7 Å². The second-order valence-electron chi connectivity index (χ2n) is 7.01. The summed E-state index contributed by atoms with van der Waals surface area (Å²) < 4.78 is 10.7. The van der Waals surface area contributed by atoms with E-state index in [2.05, 4.69) is 17.6 Å². The fourth-order valence-electron chi connectivity index (χ4n) is 3.43. The fraction of sp³-hybridized carbons (Fsp3) is 0.409. The third-order valence-electron chi connectivity index (χ3n) is 4.90. The monoisotopic (exact) mass is 446 g/mol. The van der Waals surface area contributed by atoms with Crippen molar-refractivity contribution in [2.24, 2.45) is 0 Å². The first kappa shape index (κ1) is 22.2. The lowest BCUT2D eigenvalue weighted by molar-refractivity contribution is 0.0601. The van der Waals surface area contributed by atoms with Gasteiger partial charge in [0, 0.05) is 4.88 Å². The number of unbranched alkanes of at least 4 members (excludes halogenated alkanes) is 2. The van der Waals surface area contributed by atoms with Gasteiger partial charge in [0.2, 0.25) is 0 Å². The Labute approximate surface area is 186 Å². The molecule has 2 aromatic rings. The molecule has 0 radical (unpaired) electrons. The molecule has 0 fully saturated rings. The molecule has 0 spiro atoms. The number of hydrogen-bond donors (Lipinski definition) is 2. The SMILES string of the molecule is CCCCCOc1ccccc1C(=O)NC(=S)Nc1sc2c(c1C(=O)OC)CCC2. The summed E-state index contributed by atoms with van der Waals surface area (Å²) in [6.07, 6.45) is 5.93. The van der Waals surface area contributed by atoms with Gasteiger partial charge in [0.25, 0.3) is 5.91 Å². The standard InChI is InChI=1S/C22H26N2O4S2/c1-3-4-7-13-28-16-11-6-5-9-14(16)19(25)23-22(29)24-20-18(21(26)27-2)15-10-8-12-17(15)30-20/h5-6,9,11H,3-4,7-8,10,12-13H2,1-2H3,(H2,23,24,25,29). The molecule has 1 heterocycles. The molecule has 3 rings (SSSR count). The van der Waals surface area contributed by atoms with E-state index in [1.807, 2.05) is 6.07 Å². The van der Waals surface area contributed by atoms with Gasteiger partial charge in [-0.2, -0.15) is 0 Å². The number of carbonyl (C=O) groups is 2. The normalized spacial score (nSPS) is 12.2. The van der Waals surface area contributed by atoms with E-state index in [-0.39, 0.29) is 11.0 Å². The quantitative estimate of drug-likeness (QED) is 0.347. The lowest BCUT2D eigenvalue weighted by atomic mass is 10.1. The van der Waals surface area contributed by atoms with Gasteiger partial charge in [-0.1, -0.05) is 31.9 Å². The van der Waals surface area contributed by atoms with Gasteiger partial charge < -0.3 is 14.8 Å². The molecular formula is C22H26N2O4S2. The molecule has 8 heteroatoms. The molecular weight excluding hydrogens is 420 g/mol. The molecule has 1 aromatic heterocycles. The Morgan fingerprint density at radius 3 is 2.77 bits per heavy atom. The summed E-state index contributed by atoms with van der Waals surface area (Å²) in [5.41, 5.74) is 1.96. The molecule has 0 saturated heterocycles. The summed E-state index contributed by atoms with van der Waals surface area (Å²) in [7, 11) is 1.36. The van der Waals surface area contributed by atoms with Crippen LogP contribution < -0.4 is 15.4 Å². The van der Waals surface area contributed by atoms with Crippen LogP contribution in [0.1, 0.15) is 63.8 Å². The second-order valence-corrected chi connectivity index (χ2v) is 8.53. The van der Waals surface area contributed by atoms with Gasteiger partial charge in [-0.15, -0.1) is 11.3 Å². The van der Waals surface area contributed by atoms with Crippen LogP contribution in [-0.4, -0.2) is 30.7 Å². The number of ether oxygens (including phenoxy) is 2. The third-order valence-corrected chi connectivity index (χ3v) is 6.31. The summed E-state index contributed by atoms with van der Waals surface area (Å²) in [6.45, 7) is 2.69. The zero-order valence-corrected chi connectivity index (χ0v) is 18.8. The van der Waals surface area contributed by atoms with Crippen molar-refractivity contribution < 1.29 is 19.1 Å². The maximum Gasteiger partial charge on any atom is 0.341 e. The van der Waals surface area contributed by atoms with Crippen molar-refractivity contribution in [3.05, 3.63) is 45.8 Å². The van der Waals surface area contributed by atoms with Gasteiger partial charge in [-0.05, 0) is 55.6 Å². The first-order chi connectivity index (χ1) is 14.5. The van der Waals surface area contributed by atoms with Gasteiger partial charge in [-0.25, -0.2) is 4.79 Å². The fourth-order valence-corrected chi connectivity index (χ4v) is 4.97. The second kappa shape index (κ2) is 10.5. The lowest BCUT2D eigenvalue weighted by Gasteiger charge is -2.13. The number of rotatable bonds is 8. The van der Waals surface area contributed by atoms with Gasteiger partial charge in [0.05, 0.1) is 24.8 Å². The minimum absolute atomic E-state index is 0.130. The minimum Gasteiger partial charge on any atom is -0.493 e. The number of anilines is 1. The highest BCUT2D eigenvalue weighted by molar-refractivity contribution is 7.80. The molecule has 1 amide bonds. The van der Waals surface area contributed by atoms with Crippen LogP contribution >= 0.6 is 23.6 Å². The predicted octanol–water partition coefficient (Wildman–Crippen LogP) is 4.72. The summed E-state index contributed by atoms with van der Waals surface area (Å²) in [6, 6.07) is 7.09. The van der Waals surface area contributed by atoms with Gasteiger partial charge in [0.15, 0.2) is 5.11 Å². The predicted molar refractivity (Wildman–Crippen MR) is 123 cm³/mol. The first-order valence-corrected chi connectivity index (χ1v) is 11.3. The number of para-hydroxylation sites is 1. The number of hydrogen-bond acceptors (Lipinski definition) is 6. The lowest BCUT2D eigenvalue weighted by Crippen LogP contribution is -2.34. The number of esters is 1. The minimum atomic E-state index is -0.392. The number of fused-ring (bicyclic) bond motifs is 1. The van der Waals surface area contributed by atoms with Crippen molar-refractivity contribution in [2.45, 2.75) is 45.4 Å². The summed E-state index contributed by atoms with van der Waals surface area (Å²) in [4.78, 5) is 26.2. The number of thiocarbonyl (C=S) groups is 1. The van der Waals surface area contributed by atoms with E-state index in [1.54, 1.807) is 18.2 Å². The van der Waals surface area contributed by atoms with E-state index in [0.717, 1.165) is 49.0 Å². The Morgan fingerprint density at radius 1 is 1.20 bits per heavy atom. The summed E-state index contributed by atoms with van der Waals surface area (Å²) in [5.74, 6) is -0.224. The van der Waals surface area contributed by atoms with E-state index in [9.17, 15) is 9.59 Å². The Kier molecular flexibility index (Phi) is 7.81. The highest BCUT2D eigenvalue weighted by Crippen LogP contribution is 2.39. The van der Waals surface area contributed by atoms with Crippen LogP contribution in [0.15, 0.2) is 24.3 Å². The molecule has 6 nitrogen and oxygen atoms in total. The zero-order valence-electron chi connectivity index (χ0n) is 17.2. The van der Waals surface area contributed by atoms with Crippen molar-refractivity contribution in [2.75, 3.05) is 19.0 Å². The zero-order chi connectivity index (χ0) is 21.5. The van der Waals surface area contributed by atoms with Crippen LogP contribution in [0, 0.1) is 0 Å². The number of amides is 1. The van der Waals surface area contributed by atoms with Crippen LogP contribution in [-0.2, 0) is 17.6 Å². The highest BCUT2D eigenvalue weighted by Gasteiger charge is 2.27. The average Bonchev–Trinajstić information content (AvgIpc) is 3.31. The van der Waals surface area contributed by atoms with Crippen molar-refractivity contribution >= 4 is 45.5 Å². The van der Waals surface area contributed by atoms with Crippen LogP contribution in [0.4, 0.5) is 5.00 Å². The molecule has 30 heavy (non-hydrogen) atoms. The van der Waals surface area contributed by atoms with Crippen LogP contribution in [0.3, 0.4) is 0 Å². The molecule has 2 N–H and O–H groups in total. The first-order valence-electron chi connectivity index (χ1n) is 10.1. The van der Waals surface area contributed by atoms with Gasteiger partial charge in [0.1, 0.15) is 10.8 Å².